The number of hydrogen-bond donors (Lipinski definition) is 4. The van der Waals surface area contributed by atoms with Crippen molar-refractivity contribution in [3.8, 4) is 0 Å². The third-order valence-electron chi connectivity index (χ3n) is 3.54. The second kappa shape index (κ2) is 5.79. The van der Waals surface area contributed by atoms with Gasteiger partial charge in [0.15, 0.2) is 5.96 Å². The average Bonchev–Trinajstić information content (AvgIpc) is 2.94. The zero-order chi connectivity index (χ0) is 13.1. The van der Waals surface area contributed by atoms with Gasteiger partial charge in [-0.2, -0.15) is 12.6 Å². The molecule has 2 aliphatic rings. The van der Waals surface area contributed by atoms with Gasteiger partial charge in [0.1, 0.15) is 0 Å². The van der Waals surface area contributed by atoms with E-state index in [2.05, 4.69) is 22.9 Å². The Morgan fingerprint density at radius 2 is 2.28 bits per heavy atom. The maximum atomic E-state index is 12.2. The van der Waals surface area contributed by atoms with Crippen LogP contribution in [0, 0.1) is 5.92 Å². The zero-order valence-electron chi connectivity index (χ0n) is 10.4. The van der Waals surface area contributed by atoms with Crippen molar-refractivity contribution in [2.75, 3.05) is 26.2 Å². The molecule has 1 amide bonds. The SMILES string of the molecule is NC(N)=NCC1CCN(C(=O)C2CC(S)CN2)C1. The number of nitrogens with zero attached hydrogens (tertiary/aromatic N) is 2. The molecule has 2 rings (SSSR count). The fourth-order valence-electron chi connectivity index (χ4n) is 2.54. The molecular formula is C11H21N5OS. The van der Waals surface area contributed by atoms with Gasteiger partial charge >= 0.3 is 0 Å². The molecule has 0 aromatic carbocycles. The summed E-state index contributed by atoms with van der Waals surface area (Å²) in [6, 6.07) is -0.0608. The van der Waals surface area contributed by atoms with Crippen LogP contribution in [0.2, 0.25) is 0 Å². The Morgan fingerprint density at radius 1 is 1.50 bits per heavy atom. The fraction of sp³-hybridized carbons (Fsp3) is 0.818. The highest BCUT2D eigenvalue weighted by Gasteiger charge is 2.34. The van der Waals surface area contributed by atoms with Crippen LogP contribution in [0.15, 0.2) is 4.99 Å². The van der Waals surface area contributed by atoms with Crippen LogP contribution in [0.4, 0.5) is 0 Å². The van der Waals surface area contributed by atoms with Gasteiger partial charge in [-0.05, 0) is 18.8 Å². The Morgan fingerprint density at radius 3 is 2.89 bits per heavy atom. The summed E-state index contributed by atoms with van der Waals surface area (Å²) in [4.78, 5) is 18.2. The third kappa shape index (κ3) is 3.29. The fourth-order valence-corrected chi connectivity index (χ4v) is 2.86. The van der Waals surface area contributed by atoms with Gasteiger partial charge < -0.3 is 21.7 Å². The van der Waals surface area contributed by atoms with E-state index in [0.29, 0.717) is 17.7 Å². The normalized spacial score (nSPS) is 31.6. The van der Waals surface area contributed by atoms with Gasteiger partial charge in [-0.3, -0.25) is 9.79 Å². The van der Waals surface area contributed by atoms with E-state index in [1.807, 2.05) is 4.90 Å². The van der Waals surface area contributed by atoms with Gasteiger partial charge in [-0.25, -0.2) is 0 Å². The van der Waals surface area contributed by atoms with Crippen molar-refractivity contribution in [1.29, 1.82) is 0 Å². The van der Waals surface area contributed by atoms with Crippen LogP contribution in [-0.2, 0) is 4.79 Å². The van der Waals surface area contributed by atoms with Gasteiger partial charge in [0.2, 0.25) is 5.91 Å². The lowest BCUT2D eigenvalue weighted by Crippen LogP contribution is -2.42. The van der Waals surface area contributed by atoms with E-state index in [9.17, 15) is 4.79 Å². The van der Waals surface area contributed by atoms with Gasteiger partial charge in [-0.1, -0.05) is 0 Å². The number of amides is 1. The minimum absolute atomic E-state index is 0.0608. The summed E-state index contributed by atoms with van der Waals surface area (Å²) in [6.07, 6.45) is 1.79. The predicted octanol–water partition coefficient (Wildman–Crippen LogP) is -1.23. The summed E-state index contributed by atoms with van der Waals surface area (Å²) >= 11 is 4.38. The highest BCUT2D eigenvalue weighted by atomic mass is 32.1. The van der Waals surface area contributed by atoms with Crippen LogP contribution >= 0.6 is 12.6 Å². The number of rotatable bonds is 3. The van der Waals surface area contributed by atoms with E-state index in [-0.39, 0.29) is 17.9 Å². The minimum atomic E-state index is -0.0608. The number of guanidine groups is 1. The Balaban J connectivity index is 1.81. The van der Waals surface area contributed by atoms with Crippen molar-refractivity contribution in [3.63, 3.8) is 0 Å². The molecule has 2 heterocycles. The lowest BCUT2D eigenvalue weighted by molar-refractivity contribution is -0.132. The van der Waals surface area contributed by atoms with E-state index in [1.165, 1.54) is 0 Å². The van der Waals surface area contributed by atoms with Crippen LogP contribution in [0.5, 0.6) is 0 Å². The molecule has 18 heavy (non-hydrogen) atoms. The lowest BCUT2D eigenvalue weighted by atomic mass is 10.1. The van der Waals surface area contributed by atoms with Gasteiger partial charge in [0, 0.05) is 31.4 Å². The molecule has 0 saturated carbocycles. The number of carbonyl (C=O) groups is 1. The van der Waals surface area contributed by atoms with Crippen molar-refractivity contribution in [2.24, 2.45) is 22.4 Å². The van der Waals surface area contributed by atoms with E-state index in [4.69, 9.17) is 11.5 Å². The van der Waals surface area contributed by atoms with Crippen LogP contribution < -0.4 is 16.8 Å². The van der Waals surface area contributed by atoms with Crippen molar-refractivity contribution in [2.45, 2.75) is 24.1 Å². The third-order valence-corrected chi connectivity index (χ3v) is 3.93. The molecule has 3 unspecified atom stereocenters. The molecule has 0 spiro atoms. The van der Waals surface area contributed by atoms with E-state index in [0.717, 1.165) is 32.5 Å². The number of carbonyl (C=O) groups excluding carboxylic acids is 1. The number of nitrogens with one attached hydrogen (secondary N) is 1. The molecular weight excluding hydrogens is 250 g/mol. The number of likely N-dealkylation sites (tertiary alicyclic amines) is 1. The monoisotopic (exact) mass is 271 g/mol. The predicted molar refractivity (Wildman–Crippen MR) is 74.5 cm³/mol. The average molecular weight is 271 g/mol. The summed E-state index contributed by atoms with van der Waals surface area (Å²) in [7, 11) is 0. The molecule has 6 nitrogen and oxygen atoms in total. The molecule has 0 bridgehead atoms. The Kier molecular flexibility index (Phi) is 4.34. The summed E-state index contributed by atoms with van der Waals surface area (Å²) in [6.45, 7) is 2.98. The highest BCUT2D eigenvalue weighted by Crippen LogP contribution is 2.20. The second-order valence-electron chi connectivity index (χ2n) is 5.05. The maximum Gasteiger partial charge on any atom is 0.239 e. The van der Waals surface area contributed by atoms with Crippen LogP contribution in [0.3, 0.4) is 0 Å². The zero-order valence-corrected chi connectivity index (χ0v) is 11.3. The topological polar surface area (TPSA) is 96.7 Å². The van der Waals surface area contributed by atoms with Gasteiger partial charge in [-0.15, -0.1) is 0 Å². The number of aliphatic imine (C=N–C) groups is 1. The van der Waals surface area contributed by atoms with Gasteiger partial charge in [0.25, 0.3) is 0 Å². The molecule has 0 aromatic rings. The van der Waals surface area contributed by atoms with Crippen molar-refractivity contribution in [1.82, 2.24) is 10.2 Å². The van der Waals surface area contributed by atoms with Crippen LogP contribution in [-0.4, -0.2) is 54.2 Å². The largest absolute Gasteiger partial charge is 0.370 e. The molecule has 0 aromatic heterocycles. The molecule has 5 N–H and O–H groups in total. The van der Waals surface area contributed by atoms with E-state index in [1.54, 1.807) is 0 Å². The number of hydrogen-bond acceptors (Lipinski definition) is 4. The minimum Gasteiger partial charge on any atom is -0.370 e. The molecule has 7 heteroatoms. The smallest absolute Gasteiger partial charge is 0.239 e. The Labute approximate surface area is 113 Å². The number of thiol groups is 1. The molecule has 2 fully saturated rings. The second-order valence-corrected chi connectivity index (χ2v) is 5.79. The summed E-state index contributed by atoms with van der Waals surface area (Å²) in [5.41, 5.74) is 10.6. The van der Waals surface area contributed by atoms with Crippen molar-refractivity contribution in [3.05, 3.63) is 0 Å². The highest BCUT2D eigenvalue weighted by molar-refractivity contribution is 7.81. The maximum absolute atomic E-state index is 12.2. The molecule has 2 saturated heterocycles. The van der Waals surface area contributed by atoms with Crippen molar-refractivity contribution >= 4 is 24.5 Å². The molecule has 0 aliphatic carbocycles. The Bertz CT molecular complexity index is 344. The summed E-state index contributed by atoms with van der Waals surface area (Å²) < 4.78 is 0. The first-order valence-corrected chi connectivity index (χ1v) is 6.83. The summed E-state index contributed by atoms with van der Waals surface area (Å²) in [5.74, 6) is 0.693. The molecule has 0 radical (unpaired) electrons. The quantitative estimate of drug-likeness (QED) is 0.293. The first-order chi connectivity index (χ1) is 8.56. The first kappa shape index (κ1) is 13.5. The molecule has 3 atom stereocenters. The lowest BCUT2D eigenvalue weighted by Gasteiger charge is -2.20. The van der Waals surface area contributed by atoms with Crippen molar-refractivity contribution < 1.29 is 4.79 Å². The summed E-state index contributed by atoms with van der Waals surface area (Å²) in [5, 5.41) is 3.50. The first-order valence-electron chi connectivity index (χ1n) is 6.32. The van der Waals surface area contributed by atoms with Crippen LogP contribution in [0.25, 0.3) is 0 Å². The molecule has 102 valence electrons. The molecule has 2 aliphatic heterocycles. The van der Waals surface area contributed by atoms with E-state index >= 15 is 0 Å². The number of nitrogens with two attached hydrogens (primary N) is 2. The Hall–Kier alpha value is -0.950. The van der Waals surface area contributed by atoms with E-state index < -0.39 is 0 Å². The van der Waals surface area contributed by atoms with Crippen LogP contribution in [0.1, 0.15) is 12.8 Å². The van der Waals surface area contributed by atoms with Gasteiger partial charge in [0.05, 0.1) is 6.04 Å². The standard InChI is InChI=1S/C11H21N5OS/c12-11(13)15-4-7-1-2-16(6-7)10(17)9-3-8(18)5-14-9/h7-9,14,18H,1-6H2,(H4,12,13,15).